The molecule has 0 amide bonds. The molecule has 0 saturated heterocycles. The molecule has 3 nitrogen and oxygen atoms in total. The lowest BCUT2D eigenvalue weighted by Gasteiger charge is -2.17. The van der Waals surface area contributed by atoms with Gasteiger partial charge in [-0.05, 0) is 52.6 Å². The molecule has 0 saturated carbocycles. The van der Waals surface area contributed by atoms with Crippen LogP contribution in [0.3, 0.4) is 0 Å². The molecular formula is C12H29N3. The monoisotopic (exact) mass is 215 g/mol. The van der Waals surface area contributed by atoms with Gasteiger partial charge in [0.25, 0.3) is 0 Å². The first-order valence-electron chi connectivity index (χ1n) is 6.29. The van der Waals surface area contributed by atoms with Gasteiger partial charge in [-0.15, -0.1) is 0 Å². The molecule has 0 unspecified atom stereocenters. The van der Waals surface area contributed by atoms with Gasteiger partial charge in [0.2, 0.25) is 0 Å². The van der Waals surface area contributed by atoms with Crippen LogP contribution < -0.4 is 10.6 Å². The Morgan fingerprint density at radius 3 is 2.20 bits per heavy atom. The smallest absolute Gasteiger partial charge is 0.00103 e. The first-order valence-corrected chi connectivity index (χ1v) is 6.29. The number of hydrogen-bond donors (Lipinski definition) is 2. The van der Waals surface area contributed by atoms with Crippen molar-refractivity contribution in [2.45, 2.75) is 39.7 Å². The molecule has 0 aromatic rings. The highest BCUT2D eigenvalue weighted by molar-refractivity contribution is 4.57. The zero-order valence-corrected chi connectivity index (χ0v) is 11.0. The summed E-state index contributed by atoms with van der Waals surface area (Å²) in [5.41, 5.74) is 0. The average Bonchev–Trinajstić information content (AvgIpc) is 2.19. The Hall–Kier alpha value is -0.120. The van der Waals surface area contributed by atoms with E-state index in [-0.39, 0.29) is 0 Å². The van der Waals surface area contributed by atoms with Crippen LogP contribution in [0.2, 0.25) is 0 Å². The van der Waals surface area contributed by atoms with Gasteiger partial charge >= 0.3 is 0 Å². The molecule has 0 aromatic carbocycles. The number of nitrogens with one attached hydrogen (secondary N) is 2. The predicted octanol–water partition coefficient (Wildman–Crippen LogP) is 1.31. The molecule has 0 aromatic heterocycles. The van der Waals surface area contributed by atoms with Gasteiger partial charge in [-0.1, -0.05) is 20.8 Å². The quantitative estimate of drug-likeness (QED) is 0.538. The van der Waals surface area contributed by atoms with Gasteiger partial charge in [0.05, 0.1) is 0 Å². The summed E-state index contributed by atoms with van der Waals surface area (Å²) in [6.45, 7) is 12.3. The maximum atomic E-state index is 3.44. The Kier molecular flexibility index (Phi) is 10.3. The minimum absolute atomic E-state index is 0.615. The second-order valence-corrected chi connectivity index (χ2v) is 4.47. The van der Waals surface area contributed by atoms with Gasteiger partial charge in [-0.25, -0.2) is 0 Å². The van der Waals surface area contributed by atoms with Crippen molar-refractivity contribution in [1.82, 2.24) is 15.5 Å². The van der Waals surface area contributed by atoms with Crippen LogP contribution in [-0.4, -0.2) is 50.7 Å². The maximum absolute atomic E-state index is 3.44. The molecule has 3 heteroatoms. The molecular weight excluding hydrogens is 186 g/mol. The Bertz CT molecular complexity index is 126. The summed E-state index contributed by atoms with van der Waals surface area (Å²) in [5.74, 6) is 0. The number of nitrogens with zero attached hydrogens (tertiary/aromatic N) is 1. The minimum atomic E-state index is 0.615. The molecule has 92 valence electrons. The second-order valence-electron chi connectivity index (χ2n) is 4.47. The van der Waals surface area contributed by atoms with E-state index in [9.17, 15) is 0 Å². The lowest BCUT2D eigenvalue weighted by atomic mass is 10.3. The summed E-state index contributed by atoms with van der Waals surface area (Å²) in [5, 5.41) is 6.79. The fraction of sp³-hybridized carbons (Fsp3) is 1.00. The van der Waals surface area contributed by atoms with Crippen LogP contribution in [0.4, 0.5) is 0 Å². The topological polar surface area (TPSA) is 27.3 Å². The molecule has 15 heavy (non-hydrogen) atoms. The van der Waals surface area contributed by atoms with E-state index in [1.807, 2.05) is 0 Å². The summed E-state index contributed by atoms with van der Waals surface area (Å²) < 4.78 is 0. The number of hydrogen-bond acceptors (Lipinski definition) is 3. The molecule has 0 spiro atoms. The van der Waals surface area contributed by atoms with Crippen LogP contribution >= 0.6 is 0 Å². The Morgan fingerprint density at radius 2 is 1.67 bits per heavy atom. The van der Waals surface area contributed by atoms with E-state index in [0.717, 1.165) is 19.6 Å². The molecule has 0 rings (SSSR count). The highest BCUT2D eigenvalue weighted by Gasteiger charge is 1.98. The fourth-order valence-corrected chi connectivity index (χ4v) is 1.50. The normalized spacial score (nSPS) is 11.6. The van der Waals surface area contributed by atoms with E-state index in [4.69, 9.17) is 0 Å². The third-order valence-electron chi connectivity index (χ3n) is 2.41. The fourth-order valence-electron chi connectivity index (χ4n) is 1.50. The van der Waals surface area contributed by atoms with E-state index >= 15 is 0 Å². The molecule has 0 aliphatic carbocycles. The first kappa shape index (κ1) is 14.9. The Balaban J connectivity index is 3.15. The number of rotatable bonds is 10. The highest BCUT2D eigenvalue weighted by atomic mass is 15.1. The van der Waals surface area contributed by atoms with E-state index in [1.165, 1.54) is 25.9 Å². The van der Waals surface area contributed by atoms with Crippen molar-refractivity contribution >= 4 is 0 Å². The highest BCUT2D eigenvalue weighted by Crippen LogP contribution is 1.89. The van der Waals surface area contributed by atoms with Gasteiger partial charge in [-0.2, -0.15) is 0 Å². The van der Waals surface area contributed by atoms with Crippen molar-refractivity contribution in [2.75, 3.05) is 39.8 Å². The molecule has 0 radical (unpaired) electrons. The predicted molar refractivity (Wildman–Crippen MR) is 68.4 cm³/mol. The summed E-state index contributed by atoms with van der Waals surface area (Å²) in [6, 6.07) is 0.615. The molecule has 2 N–H and O–H groups in total. The van der Waals surface area contributed by atoms with Crippen molar-refractivity contribution < 1.29 is 0 Å². The Labute approximate surface area is 95.6 Å². The minimum Gasteiger partial charge on any atom is -0.317 e. The third kappa shape index (κ3) is 11.8. The average molecular weight is 215 g/mol. The van der Waals surface area contributed by atoms with Crippen molar-refractivity contribution in [3.63, 3.8) is 0 Å². The first-order chi connectivity index (χ1) is 7.16. The van der Waals surface area contributed by atoms with E-state index < -0.39 is 0 Å². The third-order valence-corrected chi connectivity index (χ3v) is 2.41. The molecule has 0 bridgehead atoms. The summed E-state index contributed by atoms with van der Waals surface area (Å²) in [4.78, 5) is 2.42. The second kappa shape index (κ2) is 10.4. The van der Waals surface area contributed by atoms with Crippen LogP contribution in [0.1, 0.15) is 33.6 Å². The standard InChI is InChI=1S/C12H29N3/c1-5-13-8-6-10-15(4)11-7-9-14-12(2)3/h12-14H,5-11H2,1-4H3. The van der Waals surface area contributed by atoms with Gasteiger partial charge in [0.1, 0.15) is 0 Å². The molecule has 0 heterocycles. The van der Waals surface area contributed by atoms with Gasteiger partial charge in [-0.3, -0.25) is 0 Å². The molecule has 0 aliphatic rings. The largest absolute Gasteiger partial charge is 0.317 e. The van der Waals surface area contributed by atoms with E-state index in [1.54, 1.807) is 0 Å². The van der Waals surface area contributed by atoms with Crippen LogP contribution in [0.25, 0.3) is 0 Å². The van der Waals surface area contributed by atoms with Crippen LogP contribution in [0.5, 0.6) is 0 Å². The van der Waals surface area contributed by atoms with Gasteiger partial charge < -0.3 is 15.5 Å². The molecule has 0 atom stereocenters. The molecule has 0 aliphatic heterocycles. The van der Waals surface area contributed by atoms with E-state index in [2.05, 4.69) is 43.4 Å². The van der Waals surface area contributed by atoms with Gasteiger partial charge in [0.15, 0.2) is 0 Å². The van der Waals surface area contributed by atoms with Crippen LogP contribution in [0.15, 0.2) is 0 Å². The van der Waals surface area contributed by atoms with Crippen molar-refractivity contribution in [3.8, 4) is 0 Å². The van der Waals surface area contributed by atoms with Crippen LogP contribution in [0, 0.1) is 0 Å². The summed E-state index contributed by atoms with van der Waals surface area (Å²) in [6.07, 6.45) is 2.50. The zero-order valence-electron chi connectivity index (χ0n) is 11.0. The van der Waals surface area contributed by atoms with Crippen molar-refractivity contribution in [1.29, 1.82) is 0 Å². The lowest BCUT2D eigenvalue weighted by Crippen LogP contribution is -2.29. The van der Waals surface area contributed by atoms with Gasteiger partial charge in [0, 0.05) is 6.04 Å². The lowest BCUT2D eigenvalue weighted by molar-refractivity contribution is 0.319. The summed E-state index contributed by atoms with van der Waals surface area (Å²) >= 11 is 0. The molecule has 0 fully saturated rings. The SMILES string of the molecule is CCNCCCN(C)CCCNC(C)C. The van der Waals surface area contributed by atoms with Crippen LogP contribution in [-0.2, 0) is 0 Å². The van der Waals surface area contributed by atoms with Crippen molar-refractivity contribution in [2.24, 2.45) is 0 Å². The summed E-state index contributed by atoms with van der Waals surface area (Å²) in [7, 11) is 2.21. The maximum Gasteiger partial charge on any atom is 0.00103 e. The van der Waals surface area contributed by atoms with Crippen molar-refractivity contribution in [3.05, 3.63) is 0 Å². The Morgan fingerprint density at radius 1 is 1.07 bits per heavy atom. The van der Waals surface area contributed by atoms with E-state index in [0.29, 0.717) is 6.04 Å². The zero-order chi connectivity index (χ0) is 11.5.